The van der Waals surface area contributed by atoms with E-state index in [9.17, 15) is 4.39 Å². The highest BCUT2D eigenvalue weighted by molar-refractivity contribution is 5.63. The summed E-state index contributed by atoms with van der Waals surface area (Å²) in [5.41, 5.74) is 6.67. The molecule has 0 radical (unpaired) electrons. The molecule has 1 aromatic carbocycles. The van der Waals surface area contributed by atoms with Gasteiger partial charge in [0.1, 0.15) is 11.6 Å². The largest absolute Gasteiger partial charge is 0.495 e. The van der Waals surface area contributed by atoms with Crippen molar-refractivity contribution in [2.75, 3.05) is 30.8 Å². The van der Waals surface area contributed by atoms with Gasteiger partial charge in [0, 0.05) is 25.2 Å². The average molecular weight is 252 g/mol. The second-order valence-electron chi connectivity index (χ2n) is 4.80. The molecule has 1 saturated heterocycles. The molecule has 0 spiro atoms. The van der Waals surface area contributed by atoms with Crippen LogP contribution >= 0.6 is 0 Å². The third kappa shape index (κ3) is 2.86. The number of nitrogens with zero attached hydrogens (tertiary/aromatic N) is 1. The number of ether oxygens (including phenoxy) is 1. The molecule has 4 heteroatoms. The van der Waals surface area contributed by atoms with E-state index in [0.717, 1.165) is 25.9 Å². The fourth-order valence-corrected chi connectivity index (χ4v) is 2.47. The summed E-state index contributed by atoms with van der Waals surface area (Å²) in [6.45, 7) is 1.81. The zero-order valence-corrected chi connectivity index (χ0v) is 10.9. The minimum atomic E-state index is -0.256. The van der Waals surface area contributed by atoms with E-state index in [1.54, 1.807) is 13.2 Å². The third-order valence-corrected chi connectivity index (χ3v) is 3.50. The summed E-state index contributed by atoms with van der Waals surface area (Å²) in [5, 5.41) is 0. The summed E-state index contributed by atoms with van der Waals surface area (Å²) in [4.78, 5) is 2.11. The molecule has 1 fully saturated rings. The van der Waals surface area contributed by atoms with Crippen molar-refractivity contribution in [3.8, 4) is 5.75 Å². The number of benzene rings is 1. The highest BCUT2D eigenvalue weighted by atomic mass is 19.1. The van der Waals surface area contributed by atoms with Crippen LogP contribution in [-0.2, 0) is 0 Å². The van der Waals surface area contributed by atoms with Crippen LogP contribution in [0.1, 0.15) is 32.1 Å². The lowest BCUT2D eigenvalue weighted by atomic mass is 10.1. The van der Waals surface area contributed by atoms with Crippen LogP contribution in [0.15, 0.2) is 12.1 Å². The van der Waals surface area contributed by atoms with Gasteiger partial charge in [-0.05, 0) is 12.8 Å². The lowest BCUT2D eigenvalue weighted by molar-refractivity contribution is 0.415. The molecule has 0 aliphatic carbocycles. The van der Waals surface area contributed by atoms with Crippen LogP contribution in [0.25, 0.3) is 0 Å². The molecule has 1 aromatic rings. The minimum Gasteiger partial charge on any atom is -0.495 e. The van der Waals surface area contributed by atoms with Crippen molar-refractivity contribution in [2.24, 2.45) is 0 Å². The van der Waals surface area contributed by atoms with Crippen LogP contribution in [0.3, 0.4) is 0 Å². The van der Waals surface area contributed by atoms with E-state index in [1.807, 2.05) is 0 Å². The second-order valence-corrected chi connectivity index (χ2v) is 4.80. The number of methoxy groups -OCH3 is 1. The monoisotopic (exact) mass is 252 g/mol. The van der Waals surface area contributed by atoms with Crippen molar-refractivity contribution in [1.29, 1.82) is 0 Å². The van der Waals surface area contributed by atoms with Crippen LogP contribution in [0, 0.1) is 5.82 Å². The van der Waals surface area contributed by atoms with Gasteiger partial charge in [-0.2, -0.15) is 0 Å². The van der Waals surface area contributed by atoms with E-state index in [-0.39, 0.29) is 5.82 Å². The Kier molecular flexibility index (Phi) is 4.28. The Labute approximate surface area is 108 Å². The summed E-state index contributed by atoms with van der Waals surface area (Å²) >= 11 is 0. The molecule has 0 amide bonds. The van der Waals surface area contributed by atoms with E-state index in [4.69, 9.17) is 10.5 Å². The number of hydrogen-bond acceptors (Lipinski definition) is 3. The second kappa shape index (κ2) is 5.94. The van der Waals surface area contributed by atoms with Gasteiger partial charge in [-0.3, -0.25) is 0 Å². The molecule has 0 aromatic heterocycles. The number of halogens is 1. The number of rotatable bonds is 2. The summed E-state index contributed by atoms with van der Waals surface area (Å²) in [6, 6.07) is 3.07. The van der Waals surface area contributed by atoms with Crippen molar-refractivity contribution in [2.45, 2.75) is 32.1 Å². The first-order valence-electron chi connectivity index (χ1n) is 6.60. The molecule has 2 N–H and O–H groups in total. The molecule has 18 heavy (non-hydrogen) atoms. The molecule has 2 rings (SSSR count). The van der Waals surface area contributed by atoms with Gasteiger partial charge < -0.3 is 15.4 Å². The van der Waals surface area contributed by atoms with Crippen molar-refractivity contribution < 1.29 is 9.13 Å². The summed E-state index contributed by atoms with van der Waals surface area (Å²) in [7, 11) is 1.56. The summed E-state index contributed by atoms with van der Waals surface area (Å²) < 4.78 is 19.2. The summed E-state index contributed by atoms with van der Waals surface area (Å²) in [6.07, 6.45) is 5.98. The molecule has 1 aliphatic heterocycles. The van der Waals surface area contributed by atoms with Crippen LogP contribution < -0.4 is 15.4 Å². The van der Waals surface area contributed by atoms with E-state index < -0.39 is 0 Å². The van der Waals surface area contributed by atoms with Crippen LogP contribution in [-0.4, -0.2) is 20.2 Å². The maximum absolute atomic E-state index is 14.0. The standard InChI is InChI=1S/C14H21FN2O/c1-18-14-10-13(11(15)9-12(14)16)17-7-5-3-2-4-6-8-17/h9-10H,2-8,16H2,1H3. The number of nitrogens with two attached hydrogens (primary N) is 1. The van der Waals surface area contributed by atoms with Gasteiger partial charge in [-0.25, -0.2) is 4.39 Å². The molecule has 1 aliphatic rings. The Morgan fingerprint density at radius 3 is 2.33 bits per heavy atom. The van der Waals surface area contributed by atoms with Gasteiger partial charge >= 0.3 is 0 Å². The molecule has 0 saturated carbocycles. The van der Waals surface area contributed by atoms with E-state index in [1.165, 1.54) is 25.3 Å². The fourth-order valence-electron chi connectivity index (χ4n) is 2.47. The minimum absolute atomic E-state index is 0.256. The molecule has 1 heterocycles. The lowest BCUT2D eigenvalue weighted by Gasteiger charge is -2.27. The maximum atomic E-state index is 14.0. The van der Waals surface area contributed by atoms with Crippen LogP contribution in [0.4, 0.5) is 15.8 Å². The average Bonchev–Trinajstić information content (AvgIpc) is 2.30. The molecular weight excluding hydrogens is 231 g/mol. The Morgan fingerprint density at radius 2 is 1.72 bits per heavy atom. The highest BCUT2D eigenvalue weighted by Gasteiger charge is 2.15. The number of hydrogen-bond donors (Lipinski definition) is 1. The predicted octanol–water partition coefficient (Wildman–Crippen LogP) is 3.19. The first kappa shape index (κ1) is 13.0. The first-order chi connectivity index (χ1) is 8.72. The van der Waals surface area contributed by atoms with Crippen molar-refractivity contribution >= 4 is 11.4 Å². The van der Waals surface area contributed by atoms with Crippen LogP contribution in [0.5, 0.6) is 5.75 Å². The van der Waals surface area contributed by atoms with Crippen molar-refractivity contribution in [1.82, 2.24) is 0 Å². The van der Waals surface area contributed by atoms with E-state index in [0.29, 0.717) is 17.1 Å². The SMILES string of the molecule is COc1cc(N2CCCCCCC2)c(F)cc1N. The lowest BCUT2D eigenvalue weighted by Crippen LogP contribution is -2.27. The fraction of sp³-hybridized carbons (Fsp3) is 0.571. The maximum Gasteiger partial charge on any atom is 0.148 e. The van der Waals surface area contributed by atoms with E-state index in [2.05, 4.69) is 4.90 Å². The Balaban J connectivity index is 2.24. The molecule has 100 valence electrons. The molecule has 3 nitrogen and oxygen atoms in total. The molecule has 0 atom stereocenters. The van der Waals surface area contributed by atoms with Crippen molar-refractivity contribution in [3.63, 3.8) is 0 Å². The Hall–Kier alpha value is -1.45. The highest BCUT2D eigenvalue weighted by Crippen LogP contribution is 2.31. The topological polar surface area (TPSA) is 38.5 Å². The van der Waals surface area contributed by atoms with Crippen LogP contribution in [0.2, 0.25) is 0 Å². The van der Waals surface area contributed by atoms with Gasteiger partial charge in [-0.1, -0.05) is 19.3 Å². The molecule has 0 bridgehead atoms. The Morgan fingerprint density at radius 1 is 1.11 bits per heavy atom. The van der Waals surface area contributed by atoms with Crippen molar-refractivity contribution in [3.05, 3.63) is 17.9 Å². The number of anilines is 2. The zero-order chi connectivity index (χ0) is 13.0. The zero-order valence-electron chi connectivity index (χ0n) is 10.9. The normalized spacial score (nSPS) is 17.1. The van der Waals surface area contributed by atoms with Gasteiger partial charge in [0.2, 0.25) is 0 Å². The predicted molar refractivity (Wildman–Crippen MR) is 72.7 cm³/mol. The first-order valence-corrected chi connectivity index (χ1v) is 6.60. The third-order valence-electron chi connectivity index (χ3n) is 3.50. The Bertz CT molecular complexity index is 401. The molecular formula is C14H21FN2O. The molecule has 0 unspecified atom stereocenters. The quantitative estimate of drug-likeness (QED) is 0.821. The smallest absolute Gasteiger partial charge is 0.148 e. The number of nitrogen functional groups attached to an aromatic ring is 1. The summed E-state index contributed by atoms with van der Waals surface area (Å²) in [5.74, 6) is 0.294. The van der Waals surface area contributed by atoms with E-state index >= 15 is 0 Å². The van der Waals surface area contributed by atoms with Gasteiger partial charge in [0.25, 0.3) is 0 Å². The van der Waals surface area contributed by atoms with Gasteiger partial charge in [0.15, 0.2) is 0 Å². The van der Waals surface area contributed by atoms with Gasteiger partial charge in [0.05, 0.1) is 18.5 Å². The van der Waals surface area contributed by atoms with Gasteiger partial charge in [-0.15, -0.1) is 0 Å².